The van der Waals surface area contributed by atoms with Crippen LogP contribution in [0, 0.1) is 13.8 Å². The number of aromatic nitrogens is 2. The molecular formula is C25H29N3O3S2. The summed E-state index contributed by atoms with van der Waals surface area (Å²) in [5.74, 6) is 0.106. The fourth-order valence-electron chi connectivity index (χ4n) is 4.20. The summed E-state index contributed by atoms with van der Waals surface area (Å²) in [6, 6.07) is 16.0. The maximum atomic E-state index is 13.2. The van der Waals surface area contributed by atoms with E-state index in [-0.39, 0.29) is 23.5 Å². The van der Waals surface area contributed by atoms with Crippen LogP contribution in [0.25, 0.3) is 16.9 Å². The Kier molecular flexibility index (Phi) is 6.68. The third-order valence-electron chi connectivity index (χ3n) is 6.35. The van der Waals surface area contributed by atoms with E-state index in [1.807, 2.05) is 37.4 Å². The van der Waals surface area contributed by atoms with Crippen LogP contribution >= 0.6 is 11.8 Å². The summed E-state index contributed by atoms with van der Waals surface area (Å²) in [6.07, 6.45) is 2.35. The monoisotopic (exact) mass is 483 g/mol. The predicted octanol–water partition coefficient (Wildman–Crippen LogP) is 4.28. The second-order valence-electron chi connectivity index (χ2n) is 8.61. The zero-order valence-corrected chi connectivity index (χ0v) is 21.0. The number of benzene rings is 2. The van der Waals surface area contributed by atoms with Gasteiger partial charge in [0.2, 0.25) is 5.91 Å². The molecule has 0 bridgehead atoms. The number of carbonyl (C=O) groups is 1. The van der Waals surface area contributed by atoms with Gasteiger partial charge in [-0.05, 0) is 44.4 Å². The van der Waals surface area contributed by atoms with Gasteiger partial charge in [-0.15, -0.1) is 0 Å². The molecule has 1 amide bonds. The molecule has 174 valence electrons. The second kappa shape index (κ2) is 9.35. The summed E-state index contributed by atoms with van der Waals surface area (Å²) in [7, 11) is -1.35. The van der Waals surface area contributed by atoms with Crippen molar-refractivity contribution in [3.05, 3.63) is 65.9 Å². The largest absolute Gasteiger partial charge is 0.341 e. The molecule has 4 rings (SSSR count). The maximum Gasteiger partial charge on any atom is 0.235 e. The molecule has 2 aromatic carbocycles. The fraction of sp³-hybridized carbons (Fsp3) is 0.360. The number of aryl methyl sites for hydroxylation is 1. The van der Waals surface area contributed by atoms with Crippen LogP contribution in [0.15, 0.2) is 59.9 Å². The summed E-state index contributed by atoms with van der Waals surface area (Å²) in [6.45, 7) is 6.04. The first-order chi connectivity index (χ1) is 15.7. The van der Waals surface area contributed by atoms with E-state index in [1.54, 1.807) is 11.9 Å². The molecule has 1 aromatic heterocycles. The number of hydrogen-bond donors (Lipinski definition) is 0. The minimum Gasteiger partial charge on any atom is -0.341 e. The van der Waals surface area contributed by atoms with Crippen LogP contribution in [0.4, 0.5) is 0 Å². The number of carbonyl (C=O) groups excluding carboxylic acids is 1. The molecule has 0 radical (unpaired) electrons. The molecule has 0 N–H and O–H groups in total. The summed E-state index contributed by atoms with van der Waals surface area (Å²) in [5.41, 5.74) is 5.37. The van der Waals surface area contributed by atoms with Crippen LogP contribution in [-0.4, -0.2) is 58.6 Å². The van der Waals surface area contributed by atoms with Crippen molar-refractivity contribution in [3.63, 3.8) is 0 Å². The molecule has 33 heavy (non-hydrogen) atoms. The number of hydrogen-bond acceptors (Lipinski definition) is 5. The molecule has 1 fully saturated rings. The van der Waals surface area contributed by atoms with Crippen LogP contribution in [0.5, 0.6) is 0 Å². The zero-order valence-electron chi connectivity index (χ0n) is 19.4. The van der Waals surface area contributed by atoms with E-state index in [4.69, 9.17) is 4.98 Å². The Bertz CT molecular complexity index is 1270. The van der Waals surface area contributed by atoms with E-state index in [0.717, 1.165) is 27.7 Å². The van der Waals surface area contributed by atoms with Crippen LogP contribution < -0.4 is 0 Å². The van der Waals surface area contributed by atoms with Crippen LogP contribution in [0.2, 0.25) is 0 Å². The molecule has 0 unspecified atom stereocenters. The molecule has 3 aromatic rings. The summed E-state index contributed by atoms with van der Waals surface area (Å²) >= 11 is 1.40. The van der Waals surface area contributed by atoms with Crippen molar-refractivity contribution < 1.29 is 13.2 Å². The maximum absolute atomic E-state index is 13.2. The van der Waals surface area contributed by atoms with Crippen molar-refractivity contribution in [2.45, 2.75) is 43.6 Å². The van der Waals surface area contributed by atoms with E-state index in [9.17, 15) is 13.2 Å². The zero-order chi connectivity index (χ0) is 23.8. The number of rotatable bonds is 6. The lowest BCUT2D eigenvalue weighted by atomic mass is 10.1. The van der Waals surface area contributed by atoms with Gasteiger partial charge in [0.05, 0.1) is 34.3 Å². The quantitative estimate of drug-likeness (QED) is 0.489. The Labute approximate surface area is 199 Å². The molecule has 2 atom stereocenters. The summed E-state index contributed by atoms with van der Waals surface area (Å²) in [5, 5.41) is 0.323. The number of thioether (sulfide) groups is 1. The van der Waals surface area contributed by atoms with Gasteiger partial charge in [-0.3, -0.25) is 9.36 Å². The van der Waals surface area contributed by atoms with Gasteiger partial charge in [-0.2, -0.15) is 0 Å². The van der Waals surface area contributed by atoms with Crippen molar-refractivity contribution >= 4 is 27.5 Å². The highest BCUT2D eigenvalue weighted by atomic mass is 32.2. The smallest absolute Gasteiger partial charge is 0.235 e. The van der Waals surface area contributed by atoms with Gasteiger partial charge >= 0.3 is 0 Å². The number of amides is 1. The number of imidazole rings is 1. The minimum atomic E-state index is -3.05. The molecule has 0 spiro atoms. The van der Waals surface area contributed by atoms with Crippen molar-refractivity contribution in [1.82, 2.24) is 14.5 Å². The van der Waals surface area contributed by atoms with E-state index in [0.29, 0.717) is 6.42 Å². The highest BCUT2D eigenvalue weighted by Gasteiger charge is 2.34. The van der Waals surface area contributed by atoms with Crippen molar-refractivity contribution in [1.29, 1.82) is 0 Å². The Morgan fingerprint density at radius 1 is 1.15 bits per heavy atom. The van der Waals surface area contributed by atoms with Gasteiger partial charge in [0.25, 0.3) is 0 Å². The Balaban J connectivity index is 1.67. The number of nitrogens with zero attached hydrogens (tertiary/aromatic N) is 3. The van der Waals surface area contributed by atoms with Gasteiger partial charge in [0.1, 0.15) is 0 Å². The van der Waals surface area contributed by atoms with Crippen LogP contribution in [0.3, 0.4) is 0 Å². The first-order valence-corrected chi connectivity index (χ1v) is 13.7. The topological polar surface area (TPSA) is 72.3 Å². The van der Waals surface area contributed by atoms with Crippen LogP contribution in [-0.2, 0) is 14.6 Å². The second-order valence-corrected chi connectivity index (χ2v) is 12.1. The molecule has 0 saturated carbocycles. The van der Waals surface area contributed by atoms with Gasteiger partial charge in [-0.1, -0.05) is 54.2 Å². The highest BCUT2D eigenvalue weighted by molar-refractivity contribution is 8.00. The predicted molar refractivity (Wildman–Crippen MR) is 134 cm³/mol. The third kappa shape index (κ3) is 4.87. The Hall–Kier alpha value is -2.58. The van der Waals surface area contributed by atoms with Crippen molar-refractivity contribution in [3.8, 4) is 16.9 Å². The lowest BCUT2D eigenvalue weighted by Crippen LogP contribution is -2.41. The first-order valence-electron chi connectivity index (χ1n) is 11.0. The Morgan fingerprint density at radius 2 is 1.88 bits per heavy atom. The lowest BCUT2D eigenvalue weighted by molar-refractivity contribution is -0.130. The van der Waals surface area contributed by atoms with Gasteiger partial charge in [-0.25, -0.2) is 13.4 Å². The molecule has 6 nitrogen and oxygen atoms in total. The molecule has 1 aliphatic heterocycles. The highest BCUT2D eigenvalue weighted by Crippen LogP contribution is 2.34. The van der Waals surface area contributed by atoms with E-state index in [2.05, 4.69) is 42.7 Å². The fourth-order valence-corrected chi connectivity index (χ4v) is 6.97. The lowest BCUT2D eigenvalue weighted by Gasteiger charge is -2.26. The molecule has 0 aliphatic carbocycles. The average molecular weight is 484 g/mol. The molecule has 8 heteroatoms. The molecule has 2 heterocycles. The van der Waals surface area contributed by atoms with Gasteiger partial charge in [0.15, 0.2) is 15.0 Å². The van der Waals surface area contributed by atoms with Crippen LogP contribution in [0.1, 0.15) is 24.5 Å². The Morgan fingerprint density at radius 3 is 2.55 bits per heavy atom. The van der Waals surface area contributed by atoms with Crippen molar-refractivity contribution in [2.24, 2.45) is 0 Å². The summed E-state index contributed by atoms with van der Waals surface area (Å²) in [4.78, 5) is 19.5. The van der Waals surface area contributed by atoms with Crippen molar-refractivity contribution in [2.75, 3.05) is 18.6 Å². The average Bonchev–Trinajstić information content (AvgIpc) is 3.38. The first kappa shape index (κ1) is 23.6. The summed E-state index contributed by atoms with van der Waals surface area (Å²) < 4.78 is 25.9. The third-order valence-corrected chi connectivity index (χ3v) is 9.15. The SMILES string of the molecule is Cc1cccc(-n2c(-c3ccccc3)cnc2S[C@@H](C)C(=O)N(C)[C@@H]2CCS(=O)(=O)C2)c1C. The van der Waals surface area contributed by atoms with E-state index in [1.165, 1.54) is 17.3 Å². The normalized spacial score (nSPS) is 18.2. The molecule has 1 saturated heterocycles. The van der Waals surface area contributed by atoms with E-state index < -0.39 is 15.1 Å². The molecular weight excluding hydrogens is 454 g/mol. The number of sulfone groups is 1. The minimum absolute atomic E-state index is 0.0435. The van der Waals surface area contributed by atoms with E-state index >= 15 is 0 Å². The standard InChI is InChI=1S/C25H29N3O3S2/c1-17-9-8-12-22(18(17)2)28-23(20-10-6-5-7-11-20)15-26-25(28)32-19(3)24(29)27(4)21-13-14-33(30,31)16-21/h5-12,15,19,21H,13-14,16H2,1-4H3/t19-,21+/m0/s1. The van der Waals surface area contributed by atoms with Gasteiger partial charge in [0, 0.05) is 18.7 Å². The molecule has 1 aliphatic rings. The van der Waals surface area contributed by atoms with Gasteiger partial charge < -0.3 is 4.90 Å².